The van der Waals surface area contributed by atoms with E-state index in [9.17, 15) is 0 Å². The summed E-state index contributed by atoms with van der Waals surface area (Å²) in [5.41, 5.74) is 9.57. The van der Waals surface area contributed by atoms with Crippen LogP contribution in [0.3, 0.4) is 0 Å². The first-order valence-electron chi connectivity index (χ1n) is 11.9. The van der Waals surface area contributed by atoms with Crippen molar-refractivity contribution in [2.45, 2.75) is 13.8 Å². The Hall–Kier alpha value is -4.77. The molecule has 5 nitrogen and oxygen atoms in total. The van der Waals surface area contributed by atoms with Crippen molar-refractivity contribution in [3.05, 3.63) is 120 Å². The van der Waals surface area contributed by atoms with Gasteiger partial charge < -0.3 is 4.74 Å². The summed E-state index contributed by atoms with van der Waals surface area (Å²) in [4.78, 5) is 4.39. The summed E-state index contributed by atoms with van der Waals surface area (Å²) in [6.07, 6.45) is 1.73. The van der Waals surface area contributed by atoms with Crippen molar-refractivity contribution in [2.75, 3.05) is 0 Å². The number of hydrogen-bond donors (Lipinski definition) is 0. The molecule has 0 fully saturated rings. The number of fused-ring (bicyclic) bond motifs is 1. The fourth-order valence-corrected chi connectivity index (χ4v) is 4.70. The highest BCUT2D eigenvalue weighted by atomic mass is 16.5. The van der Waals surface area contributed by atoms with E-state index >= 15 is 0 Å². The molecule has 2 heterocycles. The molecule has 36 heavy (non-hydrogen) atoms. The molecule has 0 aliphatic rings. The van der Waals surface area contributed by atoms with Gasteiger partial charge in [-0.2, -0.15) is 0 Å². The van der Waals surface area contributed by atoms with Gasteiger partial charge in [-0.3, -0.25) is 0 Å². The molecule has 0 N–H and O–H groups in total. The topological polar surface area (TPSA) is 52.8 Å². The second-order valence-electron chi connectivity index (χ2n) is 8.79. The number of rotatable bonds is 5. The molecule has 0 radical (unpaired) electrons. The highest BCUT2D eigenvalue weighted by Gasteiger charge is 2.17. The van der Waals surface area contributed by atoms with Gasteiger partial charge in [0, 0.05) is 23.9 Å². The predicted octanol–water partition coefficient (Wildman–Crippen LogP) is 7.56. The fourth-order valence-electron chi connectivity index (χ4n) is 4.70. The normalized spacial score (nSPS) is 11.1. The minimum Gasteiger partial charge on any atom is -0.438 e. The molecule has 0 aliphatic carbocycles. The molecule has 4 aromatic carbocycles. The van der Waals surface area contributed by atoms with E-state index < -0.39 is 0 Å². The molecule has 5 heteroatoms. The molecule has 0 saturated carbocycles. The number of para-hydroxylation sites is 1. The van der Waals surface area contributed by atoms with Gasteiger partial charge in [0.2, 0.25) is 5.88 Å². The Bertz CT molecular complexity index is 1650. The number of nitrogens with zero attached hydrogens (tertiary/aromatic N) is 4. The maximum absolute atomic E-state index is 6.37. The van der Waals surface area contributed by atoms with Crippen LogP contribution in [0, 0.1) is 13.8 Å². The Kier molecular flexibility index (Phi) is 5.51. The zero-order chi connectivity index (χ0) is 24.5. The standard InChI is InChI=1S/C31H24N4O/c1-21-18-24(23-10-4-3-5-11-23)19-22(2)31(21)26-16-15-25(20-29(26)36-30-14-8-9-17-32-30)35-28-13-7-6-12-27(28)33-34-35/h3-20H,1-2H3. The summed E-state index contributed by atoms with van der Waals surface area (Å²) in [7, 11) is 0. The minimum absolute atomic E-state index is 0.538. The van der Waals surface area contributed by atoms with Gasteiger partial charge >= 0.3 is 0 Å². The molecule has 0 aliphatic heterocycles. The summed E-state index contributed by atoms with van der Waals surface area (Å²) < 4.78 is 8.20. The molecule has 2 aromatic heterocycles. The van der Waals surface area contributed by atoms with Gasteiger partial charge in [0.1, 0.15) is 11.3 Å². The predicted molar refractivity (Wildman–Crippen MR) is 144 cm³/mol. The second kappa shape index (κ2) is 9.12. The number of aryl methyl sites for hydroxylation is 2. The van der Waals surface area contributed by atoms with Crippen LogP contribution in [0.1, 0.15) is 11.1 Å². The maximum atomic E-state index is 6.37. The number of pyridine rings is 1. The Morgan fingerprint density at radius 3 is 2.22 bits per heavy atom. The zero-order valence-electron chi connectivity index (χ0n) is 20.1. The van der Waals surface area contributed by atoms with Crippen LogP contribution in [-0.2, 0) is 0 Å². The lowest BCUT2D eigenvalue weighted by atomic mass is 9.91. The van der Waals surface area contributed by atoms with E-state index in [0.717, 1.165) is 27.8 Å². The van der Waals surface area contributed by atoms with Crippen molar-refractivity contribution in [1.82, 2.24) is 20.0 Å². The van der Waals surface area contributed by atoms with Crippen LogP contribution in [0.4, 0.5) is 0 Å². The zero-order valence-corrected chi connectivity index (χ0v) is 20.1. The molecular weight excluding hydrogens is 444 g/mol. The molecule has 0 amide bonds. The van der Waals surface area contributed by atoms with Gasteiger partial charge in [-0.05, 0) is 72.0 Å². The first-order chi connectivity index (χ1) is 17.7. The molecule has 0 atom stereocenters. The highest BCUT2D eigenvalue weighted by Crippen LogP contribution is 2.40. The quantitative estimate of drug-likeness (QED) is 0.262. The van der Waals surface area contributed by atoms with Crippen LogP contribution in [0.15, 0.2) is 109 Å². The lowest BCUT2D eigenvalue weighted by molar-refractivity contribution is 0.464. The SMILES string of the molecule is Cc1cc(-c2ccccc2)cc(C)c1-c1ccc(-n2nnc3ccccc32)cc1Oc1ccccn1. The summed E-state index contributed by atoms with van der Waals surface area (Å²) in [5.74, 6) is 1.25. The molecule has 0 bridgehead atoms. The van der Waals surface area contributed by atoms with Gasteiger partial charge in [-0.1, -0.05) is 65.9 Å². The lowest BCUT2D eigenvalue weighted by Crippen LogP contribution is -2.00. The van der Waals surface area contributed by atoms with Crippen LogP contribution >= 0.6 is 0 Å². The average molecular weight is 469 g/mol. The van der Waals surface area contributed by atoms with Crippen molar-refractivity contribution in [1.29, 1.82) is 0 Å². The van der Waals surface area contributed by atoms with Crippen molar-refractivity contribution < 1.29 is 4.74 Å². The molecular formula is C31H24N4O. The van der Waals surface area contributed by atoms with Crippen LogP contribution in [0.5, 0.6) is 11.6 Å². The maximum Gasteiger partial charge on any atom is 0.219 e. The second-order valence-corrected chi connectivity index (χ2v) is 8.79. The van der Waals surface area contributed by atoms with Crippen molar-refractivity contribution in [3.8, 4) is 39.6 Å². The van der Waals surface area contributed by atoms with Gasteiger partial charge in [0.05, 0.1) is 11.2 Å². The smallest absolute Gasteiger partial charge is 0.219 e. The van der Waals surface area contributed by atoms with Gasteiger partial charge in [-0.25, -0.2) is 9.67 Å². The largest absolute Gasteiger partial charge is 0.438 e. The molecule has 6 aromatic rings. The van der Waals surface area contributed by atoms with E-state index in [1.807, 2.05) is 59.3 Å². The van der Waals surface area contributed by atoms with Gasteiger partial charge in [-0.15, -0.1) is 5.10 Å². The summed E-state index contributed by atoms with van der Waals surface area (Å²) in [6.45, 7) is 4.30. The third-order valence-corrected chi connectivity index (χ3v) is 6.32. The molecule has 0 unspecified atom stereocenters. The first-order valence-corrected chi connectivity index (χ1v) is 11.9. The number of hydrogen-bond acceptors (Lipinski definition) is 4. The van der Waals surface area contributed by atoms with E-state index in [-0.39, 0.29) is 0 Å². The Morgan fingerprint density at radius 2 is 1.44 bits per heavy atom. The van der Waals surface area contributed by atoms with Crippen molar-refractivity contribution in [2.24, 2.45) is 0 Å². The molecule has 0 saturated heterocycles. The van der Waals surface area contributed by atoms with Crippen LogP contribution in [0.2, 0.25) is 0 Å². The van der Waals surface area contributed by atoms with Crippen molar-refractivity contribution in [3.63, 3.8) is 0 Å². The molecule has 174 valence electrons. The number of ether oxygens (including phenoxy) is 1. The number of benzene rings is 4. The van der Waals surface area contributed by atoms with Crippen LogP contribution in [0.25, 0.3) is 39.0 Å². The van der Waals surface area contributed by atoms with Crippen LogP contribution in [-0.4, -0.2) is 20.0 Å². The average Bonchev–Trinajstić information content (AvgIpc) is 3.34. The first kappa shape index (κ1) is 21.7. The number of aromatic nitrogens is 4. The van der Waals surface area contributed by atoms with E-state index in [1.165, 1.54) is 22.3 Å². The Labute approximate surface area is 209 Å². The highest BCUT2D eigenvalue weighted by molar-refractivity contribution is 5.82. The van der Waals surface area contributed by atoms with Gasteiger partial charge in [0.25, 0.3) is 0 Å². The Morgan fingerprint density at radius 1 is 0.694 bits per heavy atom. The van der Waals surface area contributed by atoms with Crippen LogP contribution < -0.4 is 4.74 Å². The molecule has 0 spiro atoms. The summed E-state index contributed by atoms with van der Waals surface area (Å²) in [5, 5.41) is 8.71. The van der Waals surface area contributed by atoms with Crippen molar-refractivity contribution >= 4 is 11.0 Å². The summed E-state index contributed by atoms with van der Waals surface area (Å²) >= 11 is 0. The molecule has 6 rings (SSSR count). The monoisotopic (exact) mass is 468 g/mol. The summed E-state index contributed by atoms with van der Waals surface area (Å²) in [6, 6.07) is 34.7. The van der Waals surface area contributed by atoms with E-state index in [0.29, 0.717) is 11.6 Å². The van der Waals surface area contributed by atoms with Gasteiger partial charge in [0.15, 0.2) is 0 Å². The minimum atomic E-state index is 0.538. The third-order valence-electron chi connectivity index (χ3n) is 6.32. The van der Waals surface area contributed by atoms with E-state index in [2.05, 4.69) is 77.7 Å². The Balaban J connectivity index is 1.50. The third kappa shape index (κ3) is 4.01. The fraction of sp³-hybridized carbons (Fsp3) is 0.0645. The lowest BCUT2D eigenvalue weighted by Gasteiger charge is -2.18. The van der Waals surface area contributed by atoms with E-state index in [1.54, 1.807) is 6.20 Å². The van der Waals surface area contributed by atoms with E-state index in [4.69, 9.17) is 4.74 Å².